The SMILES string of the molecule is COc1ccc(-c2nc(CN3CCN(C(=O)c4cc([N+](=O)[O-])c(C)s4)CC3)cs2)cc1. The van der Waals surface area contributed by atoms with Crippen molar-refractivity contribution in [3.8, 4) is 16.3 Å². The summed E-state index contributed by atoms with van der Waals surface area (Å²) in [6, 6.07) is 9.25. The molecular formula is C21H22N4O4S2. The summed E-state index contributed by atoms with van der Waals surface area (Å²) in [5.41, 5.74) is 2.09. The summed E-state index contributed by atoms with van der Waals surface area (Å²) in [4.78, 5) is 33.1. The summed E-state index contributed by atoms with van der Waals surface area (Å²) in [5, 5.41) is 14.1. The Hall–Kier alpha value is -2.82. The highest BCUT2D eigenvalue weighted by Crippen LogP contribution is 2.29. The van der Waals surface area contributed by atoms with Gasteiger partial charge < -0.3 is 9.64 Å². The van der Waals surface area contributed by atoms with Crippen LogP contribution in [0.15, 0.2) is 35.7 Å². The lowest BCUT2D eigenvalue weighted by Gasteiger charge is -2.34. The third-order valence-corrected chi connectivity index (χ3v) is 7.20. The number of ether oxygens (including phenoxy) is 1. The largest absolute Gasteiger partial charge is 0.497 e. The highest BCUT2D eigenvalue weighted by molar-refractivity contribution is 7.14. The van der Waals surface area contributed by atoms with Crippen LogP contribution < -0.4 is 4.74 Å². The molecule has 10 heteroatoms. The number of thiazole rings is 1. The molecule has 31 heavy (non-hydrogen) atoms. The number of methoxy groups -OCH3 is 1. The Morgan fingerprint density at radius 2 is 1.94 bits per heavy atom. The Bertz CT molecular complexity index is 1090. The van der Waals surface area contributed by atoms with Crippen LogP contribution in [0.3, 0.4) is 0 Å². The number of hydrogen-bond acceptors (Lipinski definition) is 8. The molecule has 1 fully saturated rings. The zero-order valence-corrected chi connectivity index (χ0v) is 18.9. The molecule has 1 aliphatic rings. The molecule has 2 aromatic heterocycles. The maximum atomic E-state index is 12.7. The van der Waals surface area contributed by atoms with Crippen molar-refractivity contribution in [3.05, 3.63) is 61.3 Å². The van der Waals surface area contributed by atoms with Crippen LogP contribution in [0.25, 0.3) is 10.6 Å². The van der Waals surface area contributed by atoms with Gasteiger partial charge in [-0.05, 0) is 31.2 Å². The van der Waals surface area contributed by atoms with E-state index in [1.807, 2.05) is 24.3 Å². The fourth-order valence-electron chi connectivity index (χ4n) is 3.50. The van der Waals surface area contributed by atoms with Crippen LogP contribution in [-0.2, 0) is 6.54 Å². The number of carbonyl (C=O) groups is 1. The minimum absolute atomic E-state index is 0.0168. The number of amides is 1. The molecule has 0 N–H and O–H groups in total. The van der Waals surface area contributed by atoms with Gasteiger partial charge in [0, 0.05) is 49.7 Å². The van der Waals surface area contributed by atoms with E-state index in [1.54, 1.807) is 30.3 Å². The standard InChI is InChI=1S/C21H22N4O4S2/c1-14-18(25(27)28)11-19(31-14)21(26)24-9-7-23(8-10-24)12-16-13-30-20(22-16)15-3-5-17(29-2)6-4-15/h3-6,11,13H,7-10,12H2,1-2H3. The van der Waals surface area contributed by atoms with Gasteiger partial charge in [0.2, 0.25) is 0 Å². The Balaban J connectivity index is 1.33. The molecule has 1 aromatic carbocycles. The first kappa shape index (κ1) is 21.4. The van der Waals surface area contributed by atoms with Gasteiger partial charge in [0.15, 0.2) is 0 Å². The summed E-state index contributed by atoms with van der Waals surface area (Å²) < 4.78 is 5.20. The molecule has 3 heterocycles. The van der Waals surface area contributed by atoms with Crippen molar-refractivity contribution in [1.29, 1.82) is 0 Å². The maximum Gasteiger partial charge on any atom is 0.283 e. The van der Waals surface area contributed by atoms with E-state index in [9.17, 15) is 14.9 Å². The minimum atomic E-state index is -0.436. The summed E-state index contributed by atoms with van der Waals surface area (Å²) in [6.07, 6.45) is 0. The average Bonchev–Trinajstić information content (AvgIpc) is 3.40. The molecule has 4 rings (SSSR count). The van der Waals surface area contributed by atoms with Gasteiger partial charge in [-0.2, -0.15) is 0 Å². The average molecular weight is 459 g/mol. The van der Waals surface area contributed by atoms with E-state index in [0.29, 0.717) is 22.8 Å². The Kier molecular flexibility index (Phi) is 6.30. The first-order valence-electron chi connectivity index (χ1n) is 9.80. The highest BCUT2D eigenvalue weighted by atomic mass is 32.1. The molecule has 0 saturated carbocycles. The van der Waals surface area contributed by atoms with E-state index < -0.39 is 4.92 Å². The van der Waals surface area contributed by atoms with Gasteiger partial charge in [-0.3, -0.25) is 19.8 Å². The lowest BCUT2D eigenvalue weighted by molar-refractivity contribution is -0.385. The van der Waals surface area contributed by atoms with E-state index in [-0.39, 0.29) is 11.6 Å². The molecule has 0 spiro atoms. The van der Waals surface area contributed by atoms with Crippen molar-refractivity contribution < 1.29 is 14.5 Å². The van der Waals surface area contributed by atoms with Crippen molar-refractivity contribution >= 4 is 34.3 Å². The van der Waals surface area contributed by atoms with Gasteiger partial charge in [0.25, 0.3) is 11.6 Å². The molecule has 1 aliphatic heterocycles. The normalized spacial score (nSPS) is 14.6. The number of nitro groups is 1. The zero-order chi connectivity index (χ0) is 22.0. The van der Waals surface area contributed by atoms with Crippen LogP contribution in [-0.4, -0.2) is 58.9 Å². The van der Waals surface area contributed by atoms with Crippen LogP contribution in [0.1, 0.15) is 20.2 Å². The Morgan fingerprint density at radius 1 is 1.23 bits per heavy atom. The molecular weight excluding hydrogens is 436 g/mol. The third kappa shape index (κ3) is 4.76. The number of hydrogen-bond donors (Lipinski definition) is 0. The number of carbonyl (C=O) groups excluding carboxylic acids is 1. The van der Waals surface area contributed by atoms with E-state index in [4.69, 9.17) is 9.72 Å². The minimum Gasteiger partial charge on any atom is -0.497 e. The molecule has 3 aromatic rings. The number of rotatable bonds is 6. The van der Waals surface area contributed by atoms with Gasteiger partial charge in [0.05, 0.1) is 27.5 Å². The second-order valence-corrected chi connectivity index (χ2v) is 9.36. The fourth-order valence-corrected chi connectivity index (χ4v) is 5.27. The first-order valence-corrected chi connectivity index (χ1v) is 11.5. The van der Waals surface area contributed by atoms with E-state index in [2.05, 4.69) is 10.3 Å². The predicted molar refractivity (Wildman–Crippen MR) is 121 cm³/mol. The summed E-state index contributed by atoms with van der Waals surface area (Å²) in [6.45, 7) is 5.09. The second kappa shape index (κ2) is 9.13. The molecule has 1 saturated heterocycles. The molecule has 8 nitrogen and oxygen atoms in total. The van der Waals surface area contributed by atoms with Crippen molar-refractivity contribution in [3.63, 3.8) is 0 Å². The fraction of sp³-hybridized carbons (Fsp3) is 0.333. The van der Waals surface area contributed by atoms with Crippen molar-refractivity contribution in [2.24, 2.45) is 0 Å². The van der Waals surface area contributed by atoms with Crippen molar-refractivity contribution in [1.82, 2.24) is 14.8 Å². The number of thiophene rings is 1. The summed E-state index contributed by atoms with van der Waals surface area (Å²) in [7, 11) is 1.65. The molecule has 0 unspecified atom stereocenters. The monoisotopic (exact) mass is 458 g/mol. The number of nitrogens with zero attached hydrogens (tertiary/aromatic N) is 4. The Morgan fingerprint density at radius 3 is 2.55 bits per heavy atom. The summed E-state index contributed by atoms with van der Waals surface area (Å²) in [5.74, 6) is 0.691. The topological polar surface area (TPSA) is 88.8 Å². The van der Waals surface area contributed by atoms with Gasteiger partial charge in [-0.25, -0.2) is 4.98 Å². The van der Waals surface area contributed by atoms with Crippen LogP contribution in [0.2, 0.25) is 0 Å². The number of benzene rings is 1. The quantitative estimate of drug-likeness (QED) is 0.409. The molecule has 0 aliphatic carbocycles. The lowest BCUT2D eigenvalue weighted by Crippen LogP contribution is -2.48. The second-order valence-electron chi connectivity index (χ2n) is 7.25. The number of piperazine rings is 1. The Labute approximate surface area is 187 Å². The van der Waals surface area contributed by atoms with Crippen LogP contribution in [0.5, 0.6) is 5.75 Å². The maximum absolute atomic E-state index is 12.7. The van der Waals surface area contributed by atoms with Crippen molar-refractivity contribution in [2.75, 3.05) is 33.3 Å². The molecule has 0 bridgehead atoms. The van der Waals surface area contributed by atoms with Gasteiger partial charge >= 0.3 is 0 Å². The molecule has 162 valence electrons. The molecule has 1 amide bonds. The predicted octanol–water partition coefficient (Wildman–Crippen LogP) is 4.05. The first-order chi connectivity index (χ1) is 14.9. The van der Waals surface area contributed by atoms with Crippen LogP contribution in [0.4, 0.5) is 5.69 Å². The van der Waals surface area contributed by atoms with Gasteiger partial charge in [-0.15, -0.1) is 22.7 Å². The van der Waals surface area contributed by atoms with E-state index in [0.717, 1.165) is 41.6 Å². The van der Waals surface area contributed by atoms with Gasteiger partial charge in [0.1, 0.15) is 10.8 Å². The number of aromatic nitrogens is 1. The third-order valence-electron chi connectivity index (χ3n) is 5.23. The highest BCUT2D eigenvalue weighted by Gasteiger charge is 2.26. The molecule has 0 atom stereocenters. The summed E-state index contributed by atoms with van der Waals surface area (Å²) >= 11 is 2.80. The zero-order valence-electron chi connectivity index (χ0n) is 17.2. The smallest absolute Gasteiger partial charge is 0.283 e. The van der Waals surface area contributed by atoms with Crippen LogP contribution in [0, 0.1) is 17.0 Å². The van der Waals surface area contributed by atoms with E-state index >= 15 is 0 Å². The number of aryl methyl sites for hydroxylation is 1. The van der Waals surface area contributed by atoms with E-state index in [1.165, 1.54) is 17.4 Å². The molecule has 0 radical (unpaired) electrons. The van der Waals surface area contributed by atoms with Crippen LogP contribution >= 0.6 is 22.7 Å². The van der Waals surface area contributed by atoms with Crippen molar-refractivity contribution in [2.45, 2.75) is 13.5 Å². The van der Waals surface area contributed by atoms with Gasteiger partial charge in [-0.1, -0.05) is 0 Å². The lowest BCUT2D eigenvalue weighted by atomic mass is 10.2.